The van der Waals surface area contributed by atoms with Gasteiger partial charge in [-0.05, 0) is 37.4 Å². The first-order chi connectivity index (χ1) is 10.7. The van der Waals surface area contributed by atoms with Gasteiger partial charge in [-0.25, -0.2) is 0 Å². The largest absolute Gasteiger partial charge is 0.392 e. The smallest absolute Gasteiger partial charge is 0.0664 e. The summed E-state index contributed by atoms with van der Waals surface area (Å²) in [6.45, 7) is 11.1. The molecule has 3 nitrogen and oxygen atoms in total. The molecule has 0 amide bonds. The first kappa shape index (κ1) is 18.7. The van der Waals surface area contributed by atoms with Crippen molar-refractivity contribution < 1.29 is 5.11 Å². The highest BCUT2D eigenvalue weighted by atomic mass is 16.3. The fraction of sp³-hybridized carbons (Fsp3) is 0.579. The Morgan fingerprint density at radius 1 is 1.14 bits per heavy atom. The number of nitrogens with zero attached hydrogens (tertiary/aromatic N) is 1. The highest BCUT2D eigenvalue weighted by molar-refractivity contribution is 5.83. The lowest BCUT2D eigenvalue weighted by atomic mass is 10.1. The zero-order valence-electron chi connectivity index (χ0n) is 14.6. The lowest BCUT2D eigenvalue weighted by molar-refractivity contribution is 0.110. The summed E-state index contributed by atoms with van der Waals surface area (Å²) in [4.78, 5) is 5.70. The zero-order valence-corrected chi connectivity index (χ0v) is 14.6. The molecule has 0 radical (unpaired) electrons. The van der Waals surface area contributed by atoms with E-state index in [4.69, 9.17) is 0 Å². The third kappa shape index (κ3) is 5.47. The van der Waals surface area contributed by atoms with Crippen LogP contribution < -0.4 is 0 Å². The number of rotatable bonds is 8. The van der Waals surface area contributed by atoms with Crippen LogP contribution >= 0.6 is 0 Å². The maximum atomic E-state index is 9.84. The number of H-pyrrole nitrogens is 1. The molecule has 3 heteroatoms. The molecule has 0 saturated heterocycles. The summed E-state index contributed by atoms with van der Waals surface area (Å²) in [5.74, 6) is 0. The number of aliphatic hydroxyl groups is 1. The van der Waals surface area contributed by atoms with Crippen LogP contribution in [0.4, 0.5) is 0 Å². The van der Waals surface area contributed by atoms with Crippen molar-refractivity contribution in [2.45, 2.75) is 53.1 Å². The fourth-order valence-electron chi connectivity index (χ4n) is 2.65. The van der Waals surface area contributed by atoms with Gasteiger partial charge in [-0.3, -0.25) is 0 Å². The number of hydrogen-bond acceptors (Lipinski definition) is 2. The van der Waals surface area contributed by atoms with Crippen molar-refractivity contribution in [3.05, 3.63) is 36.0 Å². The molecule has 2 N–H and O–H groups in total. The second kappa shape index (κ2) is 10.4. The molecule has 22 heavy (non-hydrogen) atoms. The zero-order chi connectivity index (χ0) is 16.4. The van der Waals surface area contributed by atoms with Gasteiger partial charge in [0.15, 0.2) is 0 Å². The molecular weight excluding hydrogens is 272 g/mol. The van der Waals surface area contributed by atoms with E-state index in [2.05, 4.69) is 47.3 Å². The summed E-state index contributed by atoms with van der Waals surface area (Å²) in [5, 5.41) is 11.2. The monoisotopic (exact) mass is 304 g/mol. The van der Waals surface area contributed by atoms with Gasteiger partial charge in [0.05, 0.1) is 6.10 Å². The molecule has 0 aliphatic rings. The van der Waals surface area contributed by atoms with Crippen LogP contribution in [0, 0.1) is 0 Å². The van der Waals surface area contributed by atoms with Crippen molar-refractivity contribution in [2.75, 3.05) is 19.6 Å². The average Bonchev–Trinajstić information content (AvgIpc) is 2.98. The van der Waals surface area contributed by atoms with Crippen molar-refractivity contribution in [3.8, 4) is 0 Å². The Labute approximate surface area is 135 Å². The van der Waals surface area contributed by atoms with E-state index in [1.807, 2.05) is 20.8 Å². The molecule has 1 atom stereocenters. The summed E-state index contributed by atoms with van der Waals surface area (Å²) in [6.07, 6.45) is 4.90. The first-order valence-electron chi connectivity index (χ1n) is 8.70. The van der Waals surface area contributed by atoms with Crippen molar-refractivity contribution in [1.29, 1.82) is 0 Å². The van der Waals surface area contributed by atoms with E-state index in [9.17, 15) is 5.11 Å². The molecule has 1 aromatic carbocycles. The molecule has 0 bridgehead atoms. The molecule has 0 aliphatic carbocycles. The minimum Gasteiger partial charge on any atom is -0.392 e. The van der Waals surface area contributed by atoms with Crippen LogP contribution in [0.1, 0.15) is 46.1 Å². The molecule has 124 valence electrons. The van der Waals surface area contributed by atoms with Crippen LogP contribution in [0.5, 0.6) is 0 Å². The van der Waals surface area contributed by atoms with E-state index in [1.165, 1.54) is 16.5 Å². The van der Waals surface area contributed by atoms with Crippen LogP contribution in [0.2, 0.25) is 0 Å². The number of aromatic amines is 1. The summed E-state index contributed by atoms with van der Waals surface area (Å²) < 4.78 is 0. The number of para-hydroxylation sites is 1. The molecule has 0 aliphatic heterocycles. The molecule has 1 unspecified atom stereocenters. The summed E-state index contributed by atoms with van der Waals surface area (Å²) >= 11 is 0. The Hall–Kier alpha value is -1.32. The van der Waals surface area contributed by atoms with E-state index in [0.29, 0.717) is 0 Å². The minimum atomic E-state index is -0.204. The number of hydrogen-bond donors (Lipinski definition) is 2. The molecule has 2 rings (SSSR count). The normalized spacial score (nSPS) is 12.3. The Bertz CT molecular complexity index is 521. The van der Waals surface area contributed by atoms with Crippen molar-refractivity contribution >= 4 is 10.9 Å². The Kier molecular flexibility index (Phi) is 8.86. The van der Waals surface area contributed by atoms with E-state index in [1.54, 1.807) is 0 Å². The average molecular weight is 304 g/mol. The molecule has 2 aromatic rings. The van der Waals surface area contributed by atoms with E-state index >= 15 is 0 Å². The van der Waals surface area contributed by atoms with Crippen LogP contribution in [0.15, 0.2) is 30.5 Å². The van der Waals surface area contributed by atoms with Crippen LogP contribution in [0.25, 0.3) is 10.9 Å². The van der Waals surface area contributed by atoms with Gasteiger partial charge in [0.25, 0.3) is 0 Å². The van der Waals surface area contributed by atoms with E-state index < -0.39 is 0 Å². The van der Waals surface area contributed by atoms with Gasteiger partial charge < -0.3 is 15.0 Å². The number of aliphatic hydroxyl groups excluding tert-OH is 1. The number of benzene rings is 1. The topological polar surface area (TPSA) is 39.3 Å². The van der Waals surface area contributed by atoms with Gasteiger partial charge in [-0.2, -0.15) is 0 Å². The lowest BCUT2D eigenvalue weighted by Crippen LogP contribution is -2.34. The summed E-state index contributed by atoms with van der Waals surface area (Å²) in [5.41, 5.74) is 2.57. The maximum absolute atomic E-state index is 9.84. The van der Waals surface area contributed by atoms with Gasteiger partial charge in [-0.15, -0.1) is 0 Å². The Morgan fingerprint density at radius 3 is 2.55 bits per heavy atom. The highest BCUT2D eigenvalue weighted by Crippen LogP contribution is 2.18. The quantitative estimate of drug-likeness (QED) is 0.766. The first-order valence-corrected chi connectivity index (χ1v) is 8.70. The Morgan fingerprint density at radius 2 is 1.86 bits per heavy atom. The van der Waals surface area contributed by atoms with E-state index in [0.717, 1.165) is 38.9 Å². The van der Waals surface area contributed by atoms with Crippen molar-refractivity contribution in [2.24, 2.45) is 0 Å². The number of nitrogens with one attached hydrogen (secondary N) is 1. The third-order valence-corrected chi connectivity index (χ3v) is 3.85. The number of fused-ring (bicyclic) bond motifs is 1. The fourth-order valence-corrected chi connectivity index (χ4v) is 2.65. The lowest BCUT2D eigenvalue weighted by Gasteiger charge is -2.24. The standard InChI is InChI=1S/C17H26N2O.C2H6/c1-3-10-19(13-15(20)4-2)11-9-14-12-18-17-8-6-5-7-16(14)17;1-2/h5-8,12,15,18,20H,3-4,9-11,13H2,1-2H3;1-2H3. The Balaban J connectivity index is 0.00000116. The van der Waals surface area contributed by atoms with Crippen LogP contribution in [-0.4, -0.2) is 40.7 Å². The molecule has 0 saturated carbocycles. The summed E-state index contributed by atoms with van der Waals surface area (Å²) in [7, 11) is 0. The van der Waals surface area contributed by atoms with Crippen molar-refractivity contribution in [3.63, 3.8) is 0 Å². The summed E-state index contributed by atoms with van der Waals surface area (Å²) in [6, 6.07) is 8.43. The van der Waals surface area contributed by atoms with Gasteiger partial charge in [0.2, 0.25) is 0 Å². The third-order valence-electron chi connectivity index (χ3n) is 3.85. The number of aromatic nitrogens is 1. The highest BCUT2D eigenvalue weighted by Gasteiger charge is 2.11. The van der Waals surface area contributed by atoms with Crippen molar-refractivity contribution in [1.82, 2.24) is 9.88 Å². The molecular formula is C19H32N2O. The van der Waals surface area contributed by atoms with E-state index in [-0.39, 0.29) is 6.10 Å². The molecule has 0 fully saturated rings. The molecule has 1 aromatic heterocycles. The van der Waals surface area contributed by atoms with Gasteiger partial charge >= 0.3 is 0 Å². The van der Waals surface area contributed by atoms with Gasteiger partial charge in [0, 0.05) is 30.2 Å². The van der Waals surface area contributed by atoms with Gasteiger partial charge in [-0.1, -0.05) is 45.9 Å². The predicted molar refractivity (Wildman–Crippen MR) is 96.4 cm³/mol. The molecule has 1 heterocycles. The van der Waals surface area contributed by atoms with Gasteiger partial charge in [0.1, 0.15) is 0 Å². The maximum Gasteiger partial charge on any atom is 0.0664 e. The second-order valence-electron chi connectivity index (χ2n) is 5.47. The molecule has 0 spiro atoms. The van der Waals surface area contributed by atoms with Crippen LogP contribution in [0.3, 0.4) is 0 Å². The SMILES string of the molecule is CC.CCCN(CCc1c[nH]c2ccccc12)CC(O)CC. The minimum absolute atomic E-state index is 0.204. The predicted octanol–water partition coefficient (Wildman–Crippen LogP) is 4.22. The van der Waals surface area contributed by atoms with Crippen LogP contribution in [-0.2, 0) is 6.42 Å². The second-order valence-corrected chi connectivity index (χ2v) is 5.47.